The quantitative estimate of drug-likeness (QED) is 0.851. The molecule has 5 nitrogen and oxygen atoms in total. The van der Waals surface area contributed by atoms with Gasteiger partial charge in [0.1, 0.15) is 5.82 Å². The highest BCUT2D eigenvalue weighted by molar-refractivity contribution is 6.06. The highest BCUT2D eigenvalue weighted by atomic mass is 16.2. The summed E-state index contributed by atoms with van der Waals surface area (Å²) >= 11 is 0. The molecule has 2 bridgehead atoms. The zero-order valence-corrected chi connectivity index (χ0v) is 13.8. The van der Waals surface area contributed by atoms with Crippen molar-refractivity contribution in [3.8, 4) is 0 Å². The maximum Gasteiger partial charge on any atom is 0.256 e. The Labute approximate surface area is 141 Å². The lowest BCUT2D eigenvalue weighted by atomic mass is 9.83. The van der Waals surface area contributed by atoms with Crippen molar-refractivity contribution in [2.75, 3.05) is 26.2 Å². The molecule has 0 radical (unpaired) electrons. The Morgan fingerprint density at radius 1 is 1.17 bits per heavy atom. The molecule has 1 aromatic carbocycles. The Kier molecular flexibility index (Phi) is 3.07. The number of fused-ring (bicyclic) bond motifs is 3. The second-order valence-electron chi connectivity index (χ2n) is 7.20. The average molecular weight is 322 g/mol. The van der Waals surface area contributed by atoms with Crippen molar-refractivity contribution in [2.24, 2.45) is 5.92 Å². The van der Waals surface area contributed by atoms with Gasteiger partial charge in [-0.25, -0.2) is 4.98 Å². The third-order valence-electron chi connectivity index (χ3n) is 6.06. The number of carbonyl (C=O) groups excluding carboxylic acids is 1. The first kappa shape index (κ1) is 14.2. The lowest BCUT2D eigenvalue weighted by molar-refractivity contribution is 0.00724. The second-order valence-corrected chi connectivity index (χ2v) is 7.20. The summed E-state index contributed by atoms with van der Waals surface area (Å²) in [5.74, 6) is 1.70. The van der Waals surface area contributed by atoms with Gasteiger partial charge in [0, 0.05) is 25.7 Å². The summed E-state index contributed by atoms with van der Waals surface area (Å²) in [6, 6.07) is 6.24. The van der Waals surface area contributed by atoms with Crippen LogP contribution < -0.4 is 0 Å². The molecule has 0 spiro atoms. The molecule has 124 valence electrons. The highest BCUT2D eigenvalue weighted by Crippen LogP contribution is 2.34. The second kappa shape index (κ2) is 5.18. The SMILES string of the molecule is C=Cc1nc2cccc3c2n1CCN([C@@H]1CN2CCC1CC2)C3=O. The fourth-order valence-corrected chi connectivity index (χ4v) is 4.83. The zero-order chi connectivity index (χ0) is 16.3. The molecule has 2 aromatic rings. The van der Waals surface area contributed by atoms with Crippen LogP contribution in [0.25, 0.3) is 17.1 Å². The van der Waals surface area contributed by atoms with Crippen molar-refractivity contribution in [1.29, 1.82) is 0 Å². The van der Waals surface area contributed by atoms with Crippen LogP contribution in [-0.2, 0) is 6.54 Å². The van der Waals surface area contributed by atoms with Gasteiger partial charge in [-0.15, -0.1) is 0 Å². The minimum absolute atomic E-state index is 0.175. The van der Waals surface area contributed by atoms with Gasteiger partial charge >= 0.3 is 0 Å². The molecule has 0 aliphatic carbocycles. The number of aromatic nitrogens is 2. The third-order valence-corrected chi connectivity index (χ3v) is 6.06. The normalized spacial score (nSPS) is 29.1. The molecule has 3 fully saturated rings. The predicted octanol–water partition coefficient (Wildman–Crippen LogP) is 2.23. The number of hydrogen-bond acceptors (Lipinski definition) is 3. The fraction of sp³-hybridized carbons (Fsp3) is 0.474. The lowest BCUT2D eigenvalue weighted by Crippen LogP contribution is -2.58. The van der Waals surface area contributed by atoms with Crippen LogP contribution in [0.15, 0.2) is 24.8 Å². The summed E-state index contributed by atoms with van der Waals surface area (Å²) in [6.45, 7) is 8.87. The zero-order valence-electron chi connectivity index (χ0n) is 13.8. The van der Waals surface area contributed by atoms with E-state index in [0.29, 0.717) is 12.0 Å². The van der Waals surface area contributed by atoms with Crippen molar-refractivity contribution in [3.05, 3.63) is 36.2 Å². The Hall–Kier alpha value is -2.14. The largest absolute Gasteiger partial charge is 0.332 e. The third kappa shape index (κ3) is 1.91. The van der Waals surface area contributed by atoms with E-state index in [1.165, 1.54) is 25.9 Å². The summed E-state index contributed by atoms with van der Waals surface area (Å²) in [5, 5.41) is 0. The molecule has 5 heteroatoms. The van der Waals surface area contributed by atoms with Crippen molar-refractivity contribution < 1.29 is 4.79 Å². The minimum atomic E-state index is 0.175. The first-order chi connectivity index (χ1) is 11.8. The molecule has 4 aliphatic rings. The maximum absolute atomic E-state index is 13.3. The standard InChI is InChI=1S/C19H22N4O/c1-2-17-20-15-5-3-4-14-18(15)23(17)11-10-22(19(14)24)16-12-21-8-6-13(16)7-9-21/h2-5,13,16H,1,6-12H2/t16-/m1/s1. The van der Waals surface area contributed by atoms with Crippen LogP contribution in [0.4, 0.5) is 0 Å². The van der Waals surface area contributed by atoms with Crippen LogP contribution in [0.5, 0.6) is 0 Å². The Balaban J connectivity index is 1.59. The number of para-hydroxylation sites is 1. The Morgan fingerprint density at radius 3 is 2.71 bits per heavy atom. The van der Waals surface area contributed by atoms with E-state index < -0.39 is 0 Å². The number of rotatable bonds is 2. The van der Waals surface area contributed by atoms with Crippen LogP contribution in [0, 0.1) is 5.92 Å². The fourth-order valence-electron chi connectivity index (χ4n) is 4.83. The van der Waals surface area contributed by atoms with E-state index >= 15 is 0 Å². The first-order valence-corrected chi connectivity index (χ1v) is 8.91. The van der Waals surface area contributed by atoms with E-state index in [2.05, 4.69) is 25.9 Å². The summed E-state index contributed by atoms with van der Waals surface area (Å²) in [7, 11) is 0. The van der Waals surface area contributed by atoms with Crippen molar-refractivity contribution in [1.82, 2.24) is 19.4 Å². The van der Waals surface area contributed by atoms with Gasteiger partial charge in [-0.2, -0.15) is 0 Å². The van der Waals surface area contributed by atoms with Crippen molar-refractivity contribution in [2.45, 2.75) is 25.4 Å². The average Bonchev–Trinajstić information content (AvgIpc) is 2.93. The molecule has 0 saturated carbocycles. The lowest BCUT2D eigenvalue weighted by Gasteiger charge is -2.48. The number of nitrogens with zero attached hydrogens (tertiary/aromatic N) is 4. The van der Waals surface area contributed by atoms with Gasteiger partial charge in [0.15, 0.2) is 0 Å². The van der Waals surface area contributed by atoms with Crippen LogP contribution in [-0.4, -0.2) is 57.5 Å². The van der Waals surface area contributed by atoms with Crippen LogP contribution in [0.3, 0.4) is 0 Å². The molecule has 6 rings (SSSR count). The van der Waals surface area contributed by atoms with E-state index in [4.69, 9.17) is 0 Å². The molecular weight excluding hydrogens is 300 g/mol. The van der Waals surface area contributed by atoms with Crippen LogP contribution in [0.1, 0.15) is 29.0 Å². The molecular formula is C19H22N4O. The topological polar surface area (TPSA) is 41.4 Å². The predicted molar refractivity (Wildman–Crippen MR) is 93.8 cm³/mol. The van der Waals surface area contributed by atoms with E-state index in [1.54, 1.807) is 6.08 Å². The van der Waals surface area contributed by atoms with Crippen LogP contribution in [0.2, 0.25) is 0 Å². The van der Waals surface area contributed by atoms with Gasteiger partial charge in [-0.1, -0.05) is 12.6 Å². The summed E-state index contributed by atoms with van der Waals surface area (Å²) in [6.07, 6.45) is 4.24. The summed E-state index contributed by atoms with van der Waals surface area (Å²) in [5.41, 5.74) is 2.66. The van der Waals surface area contributed by atoms with E-state index in [1.807, 2.05) is 18.2 Å². The maximum atomic E-state index is 13.3. The molecule has 3 saturated heterocycles. The monoisotopic (exact) mass is 322 g/mol. The van der Waals surface area contributed by atoms with Gasteiger partial charge in [0.2, 0.25) is 0 Å². The molecule has 24 heavy (non-hydrogen) atoms. The number of benzene rings is 1. The minimum Gasteiger partial charge on any atom is -0.332 e. The number of carbonyl (C=O) groups is 1. The molecule has 0 N–H and O–H groups in total. The number of hydrogen-bond donors (Lipinski definition) is 0. The summed E-state index contributed by atoms with van der Waals surface area (Å²) in [4.78, 5) is 22.6. The van der Waals surface area contributed by atoms with Gasteiger partial charge < -0.3 is 14.4 Å². The van der Waals surface area contributed by atoms with Crippen LogP contribution >= 0.6 is 0 Å². The van der Waals surface area contributed by atoms with E-state index in [0.717, 1.165) is 42.1 Å². The van der Waals surface area contributed by atoms with Crippen molar-refractivity contribution >= 4 is 23.0 Å². The molecule has 5 heterocycles. The van der Waals surface area contributed by atoms with Crippen molar-refractivity contribution in [3.63, 3.8) is 0 Å². The Morgan fingerprint density at radius 2 is 2.00 bits per heavy atom. The molecule has 1 atom stereocenters. The molecule has 0 unspecified atom stereocenters. The van der Waals surface area contributed by atoms with Gasteiger partial charge in [0.05, 0.1) is 16.6 Å². The number of piperidine rings is 3. The van der Waals surface area contributed by atoms with E-state index in [-0.39, 0.29) is 5.91 Å². The highest BCUT2D eigenvalue weighted by Gasteiger charge is 2.40. The number of imidazole rings is 1. The Bertz CT molecular complexity index is 831. The molecule has 1 amide bonds. The molecule has 1 aromatic heterocycles. The number of amides is 1. The first-order valence-electron chi connectivity index (χ1n) is 8.91. The van der Waals surface area contributed by atoms with Gasteiger partial charge in [-0.05, 0) is 50.1 Å². The van der Waals surface area contributed by atoms with Gasteiger partial charge in [0.25, 0.3) is 5.91 Å². The smallest absolute Gasteiger partial charge is 0.256 e. The molecule has 4 aliphatic heterocycles. The van der Waals surface area contributed by atoms with Gasteiger partial charge in [-0.3, -0.25) is 4.79 Å². The summed E-state index contributed by atoms with van der Waals surface area (Å²) < 4.78 is 2.16. The van der Waals surface area contributed by atoms with E-state index in [9.17, 15) is 4.79 Å².